The molecule has 4 rings (SSSR count). The third-order valence-corrected chi connectivity index (χ3v) is 6.49. The van der Waals surface area contributed by atoms with E-state index in [1.807, 2.05) is 31.2 Å². The quantitative estimate of drug-likeness (QED) is 0.586. The number of ether oxygens (including phenoxy) is 1. The molecular formula is C25H28N2O5. The van der Waals surface area contributed by atoms with Crippen molar-refractivity contribution in [3.05, 3.63) is 59.7 Å². The standard InChI is InChI=1S/C25H28N2O5/c1-15(23(29)30)26-22(28)13-25(2,16-11-12-16)27-24(31)32-14-21-19-9-5-3-7-17(19)18-8-4-6-10-20(18)21/h3-10,15-16,21H,11-14H2,1-2H3,(H,26,28)(H,27,31)(H,29,30)/t15-,25?/m1/s1. The number of amides is 2. The van der Waals surface area contributed by atoms with E-state index < -0.39 is 29.6 Å². The van der Waals surface area contributed by atoms with E-state index in [-0.39, 0.29) is 24.9 Å². The fourth-order valence-electron chi connectivity index (χ4n) is 4.57. The topological polar surface area (TPSA) is 105 Å². The van der Waals surface area contributed by atoms with Crippen LogP contribution in [0, 0.1) is 5.92 Å². The van der Waals surface area contributed by atoms with E-state index in [9.17, 15) is 14.4 Å². The molecule has 0 bridgehead atoms. The van der Waals surface area contributed by atoms with Gasteiger partial charge < -0.3 is 20.5 Å². The van der Waals surface area contributed by atoms with Gasteiger partial charge in [0, 0.05) is 12.3 Å². The molecule has 1 fully saturated rings. The highest BCUT2D eigenvalue weighted by Gasteiger charge is 2.44. The van der Waals surface area contributed by atoms with Gasteiger partial charge in [-0.2, -0.15) is 0 Å². The molecule has 7 heteroatoms. The lowest BCUT2D eigenvalue weighted by Gasteiger charge is -2.30. The Morgan fingerprint density at radius 1 is 1.06 bits per heavy atom. The number of fused-ring (bicyclic) bond motifs is 3. The monoisotopic (exact) mass is 436 g/mol. The Morgan fingerprint density at radius 3 is 2.16 bits per heavy atom. The zero-order valence-corrected chi connectivity index (χ0v) is 18.3. The number of hydrogen-bond donors (Lipinski definition) is 3. The van der Waals surface area contributed by atoms with E-state index in [2.05, 4.69) is 34.9 Å². The van der Waals surface area contributed by atoms with Crippen LogP contribution >= 0.6 is 0 Å². The molecule has 2 aliphatic rings. The Hall–Kier alpha value is -3.35. The number of alkyl carbamates (subject to hydrolysis) is 1. The van der Waals surface area contributed by atoms with E-state index in [1.54, 1.807) is 0 Å². The highest BCUT2D eigenvalue weighted by molar-refractivity contribution is 5.84. The minimum atomic E-state index is -1.10. The van der Waals surface area contributed by atoms with Crippen LogP contribution < -0.4 is 10.6 Å². The lowest BCUT2D eigenvalue weighted by atomic mass is 9.91. The minimum absolute atomic E-state index is 0.000514. The van der Waals surface area contributed by atoms with E-state index in [1.165, 1.54) is 6.92 Å². The molecule has 0 radical (unpaired) electrons. The summed E-state index contributed by atoms with van der Waals surface area (Å²) in [6.07, 6.45) is 1.24. The van der Waals surface area contributed by atoms with Crippen molar-refractivity contribution >= 4 is 18.0 Å². The molecule has 0 saturated heterocycles. The first-order valence-corrected chi connectivity index (χ1v) is 10.9. The first kappa shape index (κ1) is 21.9. The maximum atomic E-state index is 12.7. The van der Waals surface area contributed by atoms with Crippen molar-refractivity contribution in [1.82, 2.24) is 10.6 Å². The third-order valence-electron chi connectivity index (χ3n) is 6.49. The van der Waals surface area contributed by atoms with Gasteiger partial charge in [-0.1, -0.05) is 48.5 Å². The molecule has 32 heavy (non-hydrogen) atoms. The molecule has 0 aliphatic heterocycles. The van der Waals surface area contributed by atoms with E-state index >= 15 is 0 Å². The molecule has 2 atom stereocenters. The molecule has 2 aromatic rings. The van der Waals surface area contributed by atoms with Crippen molar-refractivity contribution < 1.29 is 24.2 Å². The van der Waals surface area contributed by atoms with Crippen LogP contribution in [0.3, 0.4) is 0 Å². The van der Waals surface area contributed by atoms with Gasteiger partial charge in [0.05, 0.1) is 5.54 Å². The predicted molar refractivity (Wildman–Crippen MR) is 119 cm³/mol. The van der Waals surface area contributed by atoms with Crippen LogP contribution in [0.1, 0.15) is 50.2 Å². The lowest BCUT2D eigenvalue weighted by molar-refractivity contribution is -0.141. The van der Waals surface area contributed by atoms with Gasteiger partial charge in [0.25, 0.3) is 0 Å². The van der Waals surface area contributed by atoms with Crippen molar-refractivity contribution in [2.45, 2.75) is 50.6 Å². The number of carbonyl (C=O) groups excluding carboxylic acids is 2. The van der Waals surface area contributed by atoms with Crippen LogP contribution in [0.5, 0.6) is 0 Å². The molecule has 0 heterocycles. The fourth-order valence-corrected chi connectivity index (χ4v) is 4.57. The van der Waals surface area contributed by atoms with Crippen LogP contribution in [0.2, 0.25) is 0 Å². The van der Waals surface area contributed by atoms with Crippen LogP contribution in [0.4, 0.5) is 4.79 Å². The Bertz CT molecular complexity index is 1000. The maximum Gasteiger partial charge on any atom is 0.407 e. The lowest BCUT2D eigenvalue weighted by Crippen LogP contribution is -2.52. The van der Waals surface area contributed by atoms with Gasteiger partial charge in [0.2, 0.25) is 5.91 Å². The van der Waals surface area contributed by atoms with Gasteiger partial charge in [-0.15, -0.1) is 0 Å². The first-order valence-electron chi connectivity index (χ1n) is 10.9. The van der Waals surface area contributed by atoms with Gasteiger partial charge in [0.15, 0.2) is 0 Å². The van der Waals surface area contributed by atoms with Crippen molar-refractivity contribution in [2.75, 3.05) is 6.61 Å². The number of carboxylic acid groups (broad SMARTS) is 1. The smallest absolute Gasteiger partial charge is 0.407 e. The molecule has 2 amide bonds. The zero-order chi connectivity index (χ0) is 22.9. The molecule has 0 aromatic heterocycles. The van der Waals surface area contributed by atoms with Crippen molar-refractivity contribution in [3.63, 3.8) is 0 Å². The summed E-state index contributed by atoms with van der Waals surface area (Å²) in [5, 5.41) is 14.4. The van der Waals surface area contributed by atoms with Gasteiger partial charge in [-0.3, -0.25) is 9.59 Å². The fraction of sp³-hybridized carbons (Fsp3) is 0.400. The van der Waals surface area contributed by atoms with Crippen molar-refractivity contribution in [1.29, 1.82) is 0 Å². The van der Waals surface area contributed by atoms with Crippen LogP contribution in [-0.2, 0) is 14.3 Å². The number of carbonyl (C=O) groups is 3. The maximum absolute atomic E-state index is 12.7. The number of nitrogens with one attached hydrogen (secondary N) is 2. The van der Waals surface area contributed by atoms with E-state index in [0.717, 1.165) is 35.1 Å². The summed E-state index contributed by atoms with van der Waals surface area (Å²) in [5.74, 6) is -1.39. The Labute approximate surface area is 187 Å². The summed E-state index contributed by atoms with van der Waals surface area (Å²) in [7, 11) is 0. The molecule has 7 nitrogen and oxygen atoms in total. The van der Waals surface area contributed by atoms with E-state index in [0.29, 0.717) is 0 Å². The van der Waals surface area contributed by atoms with Gasteiger partial charge in [-0.05, 0) is 54.9 Å². The molecular weight excluding hydrogens is 408 g/mol. The highest BCUT2D eigenvalue weighted by atomic mass is 16.5. The van der Waals surface area contributed by atoms with Crippen molar-refractivity contribution in [3.8, 4) is 11.1 Å². The van der Waals surface area contributed by atoms with E-state index in [4.69, 9.17) is 9.84 Å². The molecule has 1 unspecified atom stereocenters. The number of benzene rings is 2. The minimum Gasteiger partial charge on any atom is -0.480 e. The molecule has 2 aromatic carbocycles. The van der Waals surface area contributed by atoms with Gasteiger partial charge in [-0.25, -0.2) is 4.79 Å². The number of hydrogen-bond acceptors (Lipinski definition) is 4. The molecule has 1 saturated carbocycles. The summed E-state index contributed by atoms with van der Waals surface area (Å²) >= 11 is 0. The predicted octanol–water partition coefficient (Wildman–Crippen LogP) is 3.67. The summed E-state index contributed by atoms with van der Waals surface area (Å²) in [4.78, 5) is 36.1. The van der Waals surface area contributed by atoms with Crippen LogP contribution in [-0.4, -0.2) is 41.3 Å². The average molecular weight is 437 g/mol. The summed E-state index contributed by atoms with van der Waals surface area (Å²) in [6.45, 7) is 3.42. The Morgan fingerprint density at radius 2 is 1.62 bits per heavy atom. The summed E-state index contributed by atoms with van der Waals surface area (Å²) in [6, 6.07) is 15.3. The number of aliphatic carboxylic acids is 1. The third kappa shape index (κ3) is 4.47. The second-order valence-electron chi connectivity index (χ2n) is 8.95. The summed E-state index contributed by atoms with van der Waals surface area (Å²) < 4.78 is 5.64. The summed E-state index contributed by atoms with van der Waals surface area (Å²) in [5.41, 5.74) is 3.79. The zero-order valence-electron chi connectivity index (χ0n) is 18.3. The van der Waals surface area contributed by atoms with Crippen LogP contribution in [0.25, 0.3) is 11.1 Å². The Balaban J connectivity index is 1.41. The molecule has 2 aliphatic carbocycles. The van der Waals surface area contributed by atoms with Crippen molar-refractivity contribution in [2.24, 2.45) is 5.92 Å². The van der Waals surface area contributed by atoms with Gasteiger partial charge in [0.1, 0.15) is 12.6 Å². The first-order chi connectivity index (χ1) is 15.3. The Kier molecular flexibility index (Phi) is 5.91. The second-order valence-corrected chi connectivity index (χ2v) is 8.95. The largest absolute Gasteiger partial charge is 0.480 e. The van der Waals surface area contributed by atoms with Crippen LogP contribution in [0.15, 0.2) is 48.5 Å². The normalized spacial score (nSPS) is 17.4. The molecule has 3 N–H and O–H groups in total. The highest BCUT2D eigenvalue weighted by Crippen LogP contribution is 2.45. The molecule has 0 spiro atoms. The number of carboxylic acids is 1. The average Bonchev–Trinajstić information content (AvgIpc) is 3.56. The second kappa shape index (κ2) is 8.65. The van der Waals surface area contributed by atoms with Gasteiger partial charge >= 0.3 is 12.1 Å². The number of rotatable bonds is 8. The SMILES string of the molecule is C[C@@H](NC(=O)CC(C)(NC(=O)OCC1c2ccccc2-c2ccccc21)C1CC1)C(=O)O. The molecule has 168 valence electrons.